The van der Waals surface area contributed by atoms with Gasteiger partial charge in [-0.3, -0.25) is 9.81 Å². The van der Waals surface area contributed by atoms with E-state index in [0.29, 0.717) is 19.6 Å². The van der Waals surface area contributed by atoms with Gasteiger partial charge in [-0.1, -0.05) is 70.2 Å². The third-order valence-electron chi connectivity index (χ3n) is 5.84. The van der Waals surface area contributed by atoms with Gasteiger partial charge >= 0.3 is 17.1 Å². The summed E-state index contributed by atoms with van der Waals surface area (Å²) >= 11 is 0. The van der Waals surface area contributed by atoms with Gasteiger partial charge < -0.3 is 11.1 Å². The van der Waals surface area contributed by atoms with Crippen molar-refractivity contribution in [1.29, 1.82) is 5.26 Å². The van der Waals surface area contributed by atoms with Crippen LogP contribution in [0.15, 0.2) is 110 Å². The average molecular weight is 735 g/mol. The maximum Gasteiger partial charge on any atom is 2.00 e. The monoisotopic (exact) mass is 733 g/mol. The maximum atomic E-state index is 8.49. The smallest absolute Gasteiger partial charge is 0.373 e. The quantitative estimate of drug-likeness (QED) is 0.0838. The summed E-state index contributed by atoms with van der Waals surface area (Å²) in [5.41, 5.74) is 18.9. The van der Waals surface area contributed by atoms with Gasteiger partial charge in [0.05, 0.1) is 58.8 Å². The molecule has 0 spiro atoms. The molecule has 0 aliphatic heterocycles. The number of nitrogens with zero attached hydrogens (tertiary/aromatic N) is 14. The molecule has 0 N–H and O–H groups in total. The van der Waals surface area contributed by atoms with Gasteiger partial charge in [0, 0.05) is 26.6 Å². The number of para-hydroxylation sites is 3. The number of benzene rings is 3. The molecule has 49 heavy (non-hydrogen) atoms. The van der Waals surface area contributed by atoms with E-state index in [1.807, 2.05) is 110 Å². The molecule has 0 unspecified atom stereocenters. The predicted octanol–water partition coefficient (Wildman–Crippen LogP) is 0.269. The van der Waals surface area contributed by atoms with Gasteiger partial charge in [0.2, 0.25) is 0 Å². The van der Waals surface area contributed by atoms with Gasteiger partial charge in [-0.15, -0.1) is 25.5 Å². The second-order valence-electron chi connectivity index (χ2n) is 9.31. The second kappa shape index (κ2) is 20.7. The van der Waals surface area contributed by atoms with Crippen molar-refractivity contribution in [2.45, 2.75) is 26.6 Å². The second-order valence-corrected chi connectivity index (χ2v) is 10.1. The number of rotatable bonds is 9. The first-order valence-corrected chi connectivity index (χ1v) is 14.9. The summed E-state index contributed by atoms with van der Waals surface area (Å²) in [6, 6.07) is 31.6. The van der Waals surface area contributed by atoms with Gasteiger partial charge in [0.25, 0.3) is 0 Å². The van der Waals surface area contributed by atoms with Crippen LogP contribution in [-0.2, 0) is 36.7 Å². The van der Waals surface area contributed by atoms with Crippen LogP contribution in [0.5, 0.6) is 0 Å². The topological polar surface area (TPSA) is 270 Å². The Morgan fingerprint density at radius 3 is 1.08 bits per heavy atom. The number of hydrogen-bond acceptors (Lipinski definition) is 12. The number of halogens is 1. The molecule has 0 saturated heterocycles. The van der Waals surface area contributed by atoms with Gasteiger partial charge in [-0.2, -0.15) is 5.26 Å². The summed E-state index contributed by atoms with van der Waals surface area (Å²) in [6.45, 7) is 3.11. The van der Waals surface area contributed by atoms with Crippen LogP contribution in [0.4, 0.5) is 0 Å². The van der Waals surface area contributed by atoms with E-state index in [2.05, 4.69) is 35.8 Å². The van der Waals surface area contributed by atoms with Crippen LogP contribution in [0.2, 0.25) is 0 Å². The van der Waals surface area contributed by atoms with E-state index in [0.717, 1.165) is 34.1 Å². The van der Waals surface area contributed by atoms with Crippen molar-refractivity contribution < 1.29 is 45.9 Å². The third-order valence-corrected chi connectivity index (χ3v) is 5.84. The molecule has 0 atom stereocenters. The minimum absolute atomic E-state index is 0. The fraction of sp³-hybridized carbons (Fsp3) is 0.138. The summed E-state index contributed by atoms with van der Waals surface area (Å²) in [7, 11) is -4.94. The Balaban J connectivity index is 0.000000613. The SMILES string of the molecule is CC#N.[Cu+2].[N-]=[N+]=[N-].[O-][Cl+3]([O-])([O-])[O-].c1ccc(-n2cc(CN(Cc3cn(-c4ccccc4)nn3)Cc3cn(-c4ccccc4)nn3)nn2)cc1. The summed E-state index contributed by atoms with van der Waals surface area (Å²) < 4.78 is 39.3. The molecule has 0 saturated carbocycles. The molecule has 0 fully saturated rings. The van der Waals surface area contributed by atoms with Gasteiger partial charge in [0.15, 0.2) is 0 Å². The van der Waals surface area contributed by atoms with Gasteiger partial charge in [-0.05, 0) is 36.4 Å². The van der Waals surface area contributed by atoms with Crippen LogP contribution in [0, 0.1) is 21.6 Å². The Bertz CT molecular complexity index is 1680. The third kappa shape index (κ3) is 14.4. The van der Waals surface area contributed by atoms with Crippen LogP contribution >= 0.6 is 0 Å². The summed E-state index contributed by atoms with van der Waals surface area (Å²) in [5.74, 6) is 0. The minimum Gasteiger partial charge on any atom is -0.373 e. The molecule has 3 heterocycles. The fourth-order valence-corrected chi connectivity index (χ4v) is 4.09. The van der Waals surface area contributed by atoms with E-state index >= 15 is 0 Å². The van der Waals surface area contributed by atoms with Crippen molar-refractivity contribution in [3.63, 3.8) is 0 Å². The van der Waals surface area contributed by atoms with E-state index < -0.39 is 10.2 Å². The molecular formula is C29H27ClCuN14O4. The molecule has 0 aliphatic rings. The van der Waals surface area contributed by atoms with Gasteiger partial charge in [0.1, 0.15) is 0 Å². The van der Waals surface area contributed by atoms with E-state index in [9.17, 15) is 0 Å². The van der Waals surface area contributed by atoms with Crippen molar-refractivity contribution in [1.82, 2.24) is 49.9 Å². The van der Waals surface area contributed by atoms with Crippen LogP contribution in [0.25, 0.3) is 33.0 Å². The normalized spacial score (nSPS) is 10.1. The molecule has 0 amide bonds. The van der Waals surface area contributed by atoms with Gasteiger partial charge in [-0.25, -0.2) is 32.7 Å². The zero-order chi connectivity index (χ0) is 34.8. The molecule has 6 rings (SSSR count). The fourth-order valence-electron chi connectivity index (χ4n) is 4.09. The van der Waals surface area contributed by atoms with Crippen molar-refractivity contribution in [3.05, 3.63) is 143 Å². The minimum atomic E-state index is -4.94. The summed E-state index contributed by atoms with van der Waals surface area (Å²) in [5, 5.41) is 33.5. The molecule has 6 aromatic rings. The van der Waals surface area contributed by atoms with Crippen molar-refractivity contribution in [2.24, 2.45) is 0 Å². The average Bonchev–Trinajstić information content (AvgIpc) is 3.85. The van der Waals surface area contributed by atoms with Crippen LogP contribution < -0.4 is 18.6 Å². The first-order valence-electron chi connectivity index (χ1n) is 13.7. The van der Waals surface area contributed by atoms with Crippen LogP contribution in [0.3, 0.4) is 0 Å². The largest absolute Gasteiger partial charge is 2.00 e. The Labute approximate surface area is 292 Å². The number of hydrogen-bond donors (Lipinski definition) is 0. The molecule has 255 valence electrons. The molecule has 20 heteroatoms. The molecular weight excluding hydrogens is 707 g/mol. The molecule has 3 aromatic carbocycles. The van der Waals surface area contributed by atoms with Crippen LogP contribution in [0.1, 0.15) is 24.0 Å². The van der Waals surface area contributed by atoms with E-state index in [1.165, 1.54) is 11.8 Å². The molecule has 1 radical (unpaired) electrons. The summed E-state index contributed by atoms with van der Waals surface area (Å²) in [6.07, 6.45) is 5.85. The standard InChI is InChI=1S/C27H24N10.C2H3N.ClHO4.Cu.N3/c1-4-10-25(11-5-1)35-19-22(28-31-35)16-34(17-23-20-36(32-29-23)26-12-6-2-7-13-26)18-24-21-37(33-30-24)27-14-8-3-9-15-27;1-2-3;2-1(3,4)5;;1-3-2/h1-15,19-21H,16-18H2;1H3;(H,2,3,4,5);;/q;;;+2;-1/p-1. The van der Waals surface area contributed by atoms with Crippen molar-refractivity contribution >= 4 is 0 Å². The van der Waals surface area contributed by atoms with Crippen LogP contribution in [-0.4, -0.2) is 49.9 Å². The van der Waals surface area contributed by atoms with Crippen molar-refractivity contribution in [2.75, 3.05) is 0 Å². The predicted molar refractivity (Wildman–Crippen MR) is 158 cm³/mol. The Morgan fingerprint density at radius 1 is 0.633 bits per heavy atom. The molecule has 18 nitrogen and oxygen atoms in total. The van der Waals surface area contributed by atoms with Crippen molar-refractivity contribution in [3.8, 4) is 23.1 Å². The number of nitriles is 1. The first-order chi connectivity index (χ1) is 23.1. The Morgan fingerprint density at radius 2 is 0.857 bits per heavy atom. The number of aromatic nitrogens is 9. The molecule has 0 aliphatic carbocycles. The van der Waals surface area contributed by atoms with E-state index in [1.54, 1.807) is 20.1 Å². The zero-order valence-corrected chi connectivity index (χ0v) is 27.3. The molecule has 3 aromatic heterocycles. The summed E-state index contributed by atoms with van der Waals surface area (Å²) in [4.78, 5) is 3.71. The van der Waals surface area contributed by atoms with E-state index in [-0.39, 0.29) is 17.1 Å². The Hall–Kier alpha value is -5.51. The van der Waals surface area contributed by atoms with E-state index in [4.69, 9.17) is 35.0 Å². The first kappa shape index (κ1) is 39.7. The Kier molecular flexibility index (Phi) is 16.7. The zero-order valence-electron chi connectivity index (χ0n) is 25.6. The molecule has 0 bridgehead atoms. The maximum absolute atomic E-state index is 8.49.